The molecule has 3 heterocycles. The molecule has 30 nitrogen and oxygen atoms in total. The maximum Gasteiger partial charge on any atom is 0.314 e. The first-order valence-electron chi connectivity index (χ1n) is 39.8. The molecule has 0 fully saturated rings. The number of urea groups is 3. The number of amides is 6. The normalized spacial score (nSPS) is 16.0. The Labute approximate surface area is 736 Å². The van der Waals surface area contributed by atoms with Crippen molar-refractivity contribution in [3.05, 3.63) is 189 Å². The predicted molar refractivity (Wildman–Crippen MR) is 466 cm³/mol. The molecule has 3 aliphatic heterocycles. The predicted octanol–water partition coefficient (Wildman–Crippen LogP) is 8.26. The van der Waals surface area contributed by atoms with Gasteiger partial charge < -0.3 is 89.2 Å². The minimum Gasteiger partial charge on any atom is -0.378 e. The number of carbonyl (C=O) groups excluding carboxylic acids is 3. The van der Waals surface area contributed by atoms with Crippen LogP contribution >= 0.6 is 69.6 Å². The monoisotopic (exact) mass is 1840 g/mol. The van der Waals surface area contributed by atoms with Crippen molar-refractivity contribution in [2.24, 2.45) is 0 Å². The molecule has 0 saturated carbocycles. The first kappa shape index (κ1) is 98.1. The number of sulfonamides is 2. The molecule has 0 radical (unpaired) electrons. The van der Waals surface area contributed by atoms with Crippen molar-refractivity contribution in [1.82, 2.24) is 65.7 Å². The molecular weight excluding hydrogens is 1740 g/mol. The van der Waals surface area contributed by atoms with E-state index < -0.39 is 49.1 Å². The van der Waals surface area contributed by atoms with E-state index in [0.717, 1.165) is 63.2 Å². The van der Waals surface area contributed by atoms with Crippen LogP contribution in [0.1, 0.15) is 67.8 Å². The lowest BCUT2D eigenvalue weighted by Gasteiger charge is -2.33. The van der Waals surface area contributed by atoms with Gasteiger partial charge in [-0.15, -0.1) is 0 Å². The Bertz CT molecular complexity index is 4320. The highest BCUT2D eigenvalue weighted by Gasteiger charge is 2.32. The van der Waals surface area contributed by atoms with Crippen molar-refractivity contribution in [3.63, 3.8) is 0 Å². The van der Waals surface area contributed by atoms with E-state index >= 15 is 0 Å². The van der Waals surface area contributed by atoms with Crippen molar-refractivity contribution >= 4 is 119 Å². The maximum atomic E-state index is 13.3. The molecule has 0 aliphatic carbocycles. The van der Waals surface area contributed by atoms with E-state index in [1.807, 2.05) is 73.6 Å². The van der Waals surface area contributed by atoms with Crippen LogP contribution in [0.3, 0.4) is 0 Å². The molecule has 4 atom stereocenters. The smallest absolute Gasteiger partial charge is 0.314 e. The van der Waals surface area contributed by atoms with Gasteiger partial charge in [-0.05, 0) is 144 Å². The molecule has 0 saturated heterocycles. The number of ether oxygens (including phenoxy) is 9. The first-order chi connectivity index (χ1) is 57.9. The second kappa shape index (κ2) is 52.3. The summed E-state index contributed by atoms with van der Waals surface area (Å²) in [5.41, 5.74) is 8.75. The Balaban J connectivity index is 0.590. The third kappa shape index (κ3) is 33.3. The molecule has 9 rings (SSSR count). The van der Waals surface area contributed by atoms with Gasteiger partial charge >= 0.3 is 18.1 Å². The van der Waals surface area contributed by atoms with E-state index in [1.54, 1.807) is 54.6 Å². The van der Waals surface area contributed by atoms with Crippen molar-refractivity contribution in [2.75, 3.05) is 238 Å². The van der Waals surface area contributed by atoms with Crippen molar-refractivity contribution in [2.45, 2.75) is 52.1 Å². The fourth-order valence-electron chi connectivity index (χ4n) is 13.8. The summed E-state index contributed by atoms with van der Waals surface area (Å²) < 4.78 is 125. The Morgan fingerprint density at radius 1 is 0.375 bits per heavy atom. The maximum absolute atomic E-state index is 13.3. The highest BCUT2D eigenvalue weighted by Crippen LogP contribution is 2.42. The molecule has 0 spiro atoms. The van der Waals surface area contributed by atoms with E-state index in [9.17, 15) is 35.4 Å². The fraction of sp³-hybridized carbons (Fsp3) is 0.519. The summed E-state index contributed by atoms with van der Waals surface area (Å²) in [4.78, 5) is 47.7. The topological polar surface area (TPSA) is 341 Å². The zero-order valence-corrected chi connectivity index (χ0v) is 74.8. The van der Waals surface area contributed by atoms with Crippen LogP contribution in [0.4, 0.5) is 14.4 Å². The number of hydrogen-bond donors (Lipinski definition) is 9. The average molecular weight is 1850 g/mol. The summed E-state index contributed by atoms with van der Waals surface area (Å²) >= 11 is 38.9. The molecule has 1 unspecified atom stereocenters. The van der Waals surface area contributed by atoms with Gasteiger partial charge in [-0.3, -0.25) is 4.90 Å². The summed E-state index contributed by atoms with van der Waals surface area (Å²) in [6.45, 7) is 11.9. The van der Waals surface area contributed by atoms with Crippen LogP contribution in [0.25, 0.3) is 0 Å². The number of carbonyl (C=O) groups is 3. The van der Waals surface area contributed by atoms with Crippen LogP contribution in [-0.4, -0.2) is 297 Å². The number of halogens is 6. The Kier molecular flexibility index (Phi) is 42.7. The van der Waals surface area contributed by atoms with Crippen LogP contribution in [-0.2, 0) is 93.3 Å². The van der Waals surface area contributed by atoms with Gasteiger partial charge in [0.25, 0.3) is 0 Å². The molecule has 662 valence electrons. The van der Waals surface area contributed by atoms with E-state index in [-0.39, 0.29) is 166 Å². The Morgan fingerprint density at radius 2 is 0.658 bits per heavy atom. The van der Waals surface area contributed by atoms with Gasteiger partial charge in [-0.25, -0.2) is 49.6 Å². The molecule has 0 bridgehead atoms. The summed E-state index contributed by atoms with van der Waals surface area (Å²) in [6, 6.07) is 31.3. The van der Waals surface area contributed by atoms with Gasteiger partial charge in [0, 0.05) is 166 Å². The number of nitrogens with one attached hydrogen (secondary N) is 9. The lowest BCUT2D eigenvalue weighted by Crippen LogP contribution is -2.47. The Hall–Kier alpha value is -5.72. The number of nitrogens with zero attached hydrogens (tertiary/aromatic N) is 4. The average Bonchev–Trinajstić information content (AvgIpc) is 0.780. The molecule has 9 N–H and O–H groups in total. The number of benzene rings is 6. The van der Waals surface area contributed by atoms with Crippen molar-refractivity contribution in [3.8, 4) is 0 Å². The summed E-state index contributed by atoms with van der Waals surface area (Å²) in [7, 11) is -3.08. The van der Waals surface area contributed by atoms with Crippen molar-refractivity contribution in [1.29, 1.82) is 0 Å². The number of hydrogen-bond acceptors (Lipinski definition) is 21. The van der Waals surface area contributed by atoms with Crippen LogP contribution in [0.5, 0.6) is 0 Å². The second-order valence-corrected chi connectivity index (χ2v) is 36.1. The van der Waals surface area contributed by atoms with Gasteiger partial charge in [0.05, 0.1) is 134 Å². The molecule has 120 heavy (non-hydrogen) atoms. The summed E-state index contributed by atoms with van der Waals surface area (Å²) in [5.74, 6) is -0.210. The standard InChI is InChI=1S/C81H111Cl6N13O17S3/c1-97-52-70(67-46-61(82)49-76(85)73(67)55-97)58-7-4-10-64(43-58)118(104)94-19-28-112-34-40-115-37-31-109-25-16-91-79(101)88-13-22-100(23-14-89-80(102)92-17-26-110-32-38-116-41-35-113-29-20-95-119(105,106)65-11-5-8-59(44-65)71-53-98(2)56-74-68(71)47-62(83)50-77(74)86)24-15-90-81(103)93-18-27-111-33-39-117-42-36-114-30-21-96-120(107,108)66-12-6-9-60(45-66)72-54-99(3)57-75-69(72)48-63(84)51-78(75)87/h4-12,43-51,70-72,94-96H,13-42,52-57H2,1-3H3,(H2,88,91,101)(H2,89,92,102)(H2,90,93,103)/t70-,71-,72-,118?/m0/s1. The molecule has 6 amide bonds. The zero-order chi connectivity index (χ0) is 85.7. The summed E-state index contributed by atoms with van der Waals surface area (Å²) in [6.07, 6.45) is 0. The fourth-order valence-corrected chi connectivity index (χ4v) is 18.6. The summed E-state index contributed by atoms with van der Waals surface area (Å²) in [5, 5.41) is 20.2. The minimum atomic E-state index is -3.83. The van der Waals surface area contributed by atoms with Gasteiger partial charge in [-0.1, -0.05) is 106 Å². The molecule has 6 aromatic rings. The van der Waals surface area contributed by atoms with E-state index in [1.165, 1.54) is 0 Å². The van der Waals surface area contributed by atoms with Crippen LogP contribution in [0.2, 0.25) is 30.1 Å². The van der Waals surface area contributed by atoms with Gasteiger partial charge in [-0.2, -0.15) is 0 Å². The lowest BCUT2D eigenvalue weighted by atomic mass is 9.85. The van der Waals surface area contributed by atoms with E-state index in [2.05, 4.69) is 67.8 Å². The van der Waals surface area contributed by atoms with Gasteiger partial charge in [0.2, 0.25) is 20.0 Å². The van der Waals surface area contributed by atoms with Crippen molar-refractivity contribution < 1.29 is 78.1 Å². The van der Waals surface area contributed by atoms with E-state index in [0.29, 0.717) is 120 Å². The molecular formula is C81H111Cl6N13O17S3. The third-order valence-electron chi connectivity index (χ3n) is 19.6. The number of fused-ring (bicyclic) bond motifs is 3. The van der Waals surface area contributed by atoms with Crippen LogP contribution < -0.4 is 46.1 Å². The third-order valence-corrected chi connectivity index (χ3v) is 25.4. The molecule has 6 aromatic carbocycles. The lowest BCUT2D eigenvalue weighted by molar-refractivity contribution is 0.0165. The minimum absolute atomic E-state index is 0.0249. The van der Waals surface area contributed by atoms with Crippen LogP contribution in [0, 0.1) is 0 Å². The SMILES string of the molecule is CN1Cc2c(Cl)cc(Cl)cc2[C@H](c2cccc(S(=O)NCCOCCOCCOCCNC(=O)NCCN(CCNC(=O)NCCOCCOCCOCCNS(=O)(=O)c3cccc([C@@H]4CN(C)Cc5c(Cl)cc(Cl)cc54)c3)CCNC(=O)NCCOCCOCCOCCNS(=O)(=O)c3cccc([C@@H]4CN(C)Cc5c(Cl)cc(Cl)cc54)c3)c2)C1. The van der Waals surface area contributed by atoms with Gasteiger partial charge in [0.15, 0.2) is 0 Å². The van der Waals surface area contributed by atoms with Gasteiger partial charge in [0.1, 0.15) is 11.0 Å². The number of likely N-dealkylation sites (N-methyl/N-ethyl adjacent to an activating group) is 3. The highest BCUT2D eigenvalue weighted by atomic mass is 35.5. The zero-order valence-electron chi connectivity index (χ0n) is 67.8. The molecule has 39 heteroatoms. The Morgan fingerprint density at radius 3 is 0.992 bits per heavy atom. The molecule has 3 aliphatic rings. The highest BCUT2D eigenvalue weighted by molar-refractivity contribution is 7.89. The first-order valence-corrected chi connectivity index (χ1v) is 46.2. The van der Waals surface area contributed by atoms with Crippen LogP contribution in [0.15, 0.2) is 124 Å². The quantitative estimate of drug-likeness (QED) is 0.0162. The number of rotatable bonds is 54. The largest absolute Gasteiger partial charge is 0.378 e. The van der Waals surface area contributed by atoms with E-state index in [4.69, 9.17) is 112 Å². The second-order valence-electron chi connectivity index (χ2n) is 28.7. The molecule has 0 aromatic heterocycles.